The van der Waals surface area contributed by atoms with E-state index in [9.17, 15) is 4.79 Å². The molecular weight excluding hydrogens is 298 g/mol. The van der Waals surface area contributed by atoms with E-state index in [4.69, 9.17) is 0 Å². The molecule has 0 spiro atoms. The van der Waals surface area contributed by atoms with Gasteiger partial charge in [-0.2, -0.15) is 0 Å². The first-order chi connectivity index (χ1) is 11.7. The van der Waals surface area contributed by atoms with Crippen molar-refractivity contribution in [1.82, 2.24) is 15.2 Å². The summed E-state index contributed by atoms with van der Waals surface area (Å²) in [6, 6.07) is 12.8. The Hall–Kier alpha value is -2.20. The lowest BCUT2D eigenvalue weighted by atomic mass is 10.1. The number of aryl methyl sites for hydroxylation is 1. The number of hydrogen-bond donors (Lipinski definition) is 1. The van der Waals surface area contributed by atoms with Crippen LogP contribution in [0.4, 0.5) is 0 Å². The number of hydrogen-bond acceptors (Lipinski definition) is 3. The Bertz CT molecular complexity index is 654. The van der Waals surface area contributed by atoms with Gasteiger partial charge in [-0.25, -0.2) is 0 Å². The zero-order chi connectivity index (χ0) is 16.8. The summed E-state index contributed by atoms with van der Waals surface area (Å²) < 4.78 is 0. The minimum atomic E-state index is 0.285. The molecule has 4 heteroatoms. The molecule has 1 unspecified atom stereocenters. The molecule has 24 heavy (non-hydrogen) atoms. The highest BCUT2D eigenvalue weighted by Gasteiger charge is 2.30. The third-order valence-corrected chi connectivity index (χ3v) is 4.63. The topological polar surface area (TPSA) is 45.2 Å². The number of carbonyl (C=O) groups excluding carboxylic acids is 1. The van der Waals surface area contributed by atoms with E-state index < -0.39 is 0 Å². The fourth-order valence-electron chi connectivity index (χ4n) is 3.20. The number of nitrogens with zero attached hydrogens (tertiary/aromatic N) is 2. The van der Waals surface area contributed by atoms with Crippen molar-refractivity contribution in [2.24, 2.45) is 0 Å². The highest BCUT2D eigenvalue weighted by Crippen LogP contribution is 2.23. The second-order valence-corrected chi connectivity index (χ2v) is 6.53. The van der Waals surface area contributed by atoms with Crippen molar-refractivity contribution in [3.63, 3.8) is 0 Å². The van der Waals surface area contributed by atoms with Crippen LogP contribution >= 0.6 is 0 Å². The van der Waals surface area contributed by atoms with E-state index in [0.717, 1.165) is 32.5 Å². The van der Waals surface area contributed by atoms with E-state index in [1.807, 2.05) is 12.3 Å². The van der Waals surface area contributed by atoms with E-state index in [2.05, 4.69) is 52.5 Å². The van der Waals surface area contributed by atoms with E-state index in [0.29, 0.717) is 12.5 Å². The molecule has 0 aliphatic carbocycles. The molecule has 0 bridgehead atoms. The van der Waals surface area contributed by atoms with E-state index in [-0.39, 0.29) is 5.91 Å². The summed E-state index contributed by atoms with van der Waals surface area (Å²) >= 11 is 0. The van der Waals surface area contributed by atoms with Crippen LogP contribution < -0.4 is 5.32 Å². The molecule has 1 aromatic heterocycles. The average Bonchev–Trinajstić information content (AvgIpc) is 2.95. The number of carbonyl (C=O) groups is 1. The molecule has 1 aromatic carbocycles. The monoisotopic (exact) mass is 323 g/mol. The van der Waals surface area contributed by atoms with Crippen molar-refractivity contribution < 1.29 is 4.79 Å². The summed E-state index contributed by atoms with van der Waals surface area (Å²) in [5, 5.41) is 3.46. The first kappa shape index (κ1) is 16.7. The van der Waals surface area contributed by atoms with Gasteiger partial charge in [0.2, 0.25) is 5.91 Å². The molecule has 0 radical (unpaired) electrons. The van der Waals surface area contributed by atoms with Gasteiger partial charge in [0.25, 0.3) is 0 Å². The fourth-order valence-corrected chi connectivity index (χ4v) is 3.20. The third kappa shape index (κ3) is 4.42. The van der Waals surface area contributed by atoms with Crippen LogP contribution in [0.25, 0.3) is 0 Å². The predicted molar refractivity (Wildman–Crippen MR) is 95.3 cm³/mol. The Kier molecular flexibility index (Phi) is 5.59. The van der Waals surface area contributed by atoms with E-state index >= 15 is 0 Å². The normalized spacial score (nSPS) is 17.5. The average molecular weight is 323 g/mol. The SMILES string of the molecule is Cc1ccc(CN2C(=O)CCC2CCNCc2cccnc2)cc1. The second kappa shape index (κ2) is 8.06. The molecule has 1 fully saturated rings. The molecule has 1 amide bonds. The number of amides is 1. The van der Waals surface area contributed by atoms with E-state index in [1.54, 1.807) is 6.20 Å². The maximum atomic E-state index is 12.2. The van der Waals surface area contributed by atoms with Crippen molar-refractivity contribution >= 4 is 5.91 Å². The number of rotatable bonds is 7. The lowest BCUT2D eigenvalue weighted by molar-refractivity contribution is -0.129. The quantitative estimate of drug-likeness (QED) is 0.797. The number of aromatic nitrogens is 1. The molecule has 126 valence electrons. The highest BCUT2D eigenvalue weighted by atomic mass is 16.2. The van der Waals surface area contributed by atoms with Crippen molar-refractivity contribution in [1.29, 1.82) is 0 Å². The van der Waals surface area contributed by atoms with Gasteiger partial charge in [0.1, 0.15) is 0 Å². The summed E-state index contributed by atoms with van der Waals surface area (Å²) in [6.45, 7) is 4.55. The first-order valence-corrected chi connectivity index (χ1v) is 8.67. The second-order valence-electron chi connectivity index (χ2n) is 6.53. The number of pyridine rings is 1. The molecule has 4 nitrogen and oxygen atoms in total. The Morgan fingerprint density at radius 3 is 2.79 bits per heavy atom. The molecule has 1 aliphatic heterocycles. The first-order valence-electron chi connectivity index (χ1n) is 8.67. The maximum absolute atomic E-state index is 12.2. The molecule has 1 atom stereocenters. The zero-order valence-electron chi connectivity index (χ0n) is 14.2. The van der Waals surface area contributed by atoms with Gasteiger partial charge >= 0.3 is 0 Å². The molecule has 2 aromatic rings. The fraction of sp³-hybridized carbons (Fsp3) is 0.400. The van der Waals surface area contributed by atoms with Crippen LogP contribution in [0.1, 0.15) is 36.0 Å². The number of benzene rings is 1. The van der Waals surface area contributed by atoms with Gasteiger partial charge in [0, 0.05) is 37.9 Å². The molecule has 1 saturated heterocycles. The van der Waals surface area contributed by atoms with Gasteiger partial charge in [-0.15, -0.1) is 0 Å². The summed E-state index contributed by atoms with van der Waals surface area (Å²) in [5.41, 5.74) is 3.66. The van der Waals surface area contributed by atoms with Crippen LogP contribution in [-0.2, 0) is 17.9 Å². The lowest BCUT2D eigenvalue weighted by Gasteiger charge is -2.25. The Morgan fingerprint density at radius 1 is 1.21 bits per heavy atom. The largest absolute Gasteiger partial charge is 0.335 e. The van der Waals surface area contributed by atoms with Gasteiger partial charge < -0.3 is 10.2 Å². The van der Waals surface area contributed by atoms with E-state index in [1.165, 1.54) is 16.7 Å². The van der Waals surface area contributed by atoms with Crippen molar-refractivity contribution in [2.75, 3.05) is 6.54 Å². The molecule has 1 N–H and O–H groups in total. The van der Waals surface area contributed by atoms with Crippen LogP contribution in [-0.4, -0.2) is 28.4 Å². The van der Waals surface area contributed by atoms with Crippen LogP contribution in [0.15, 0.2) is 48.8 Å². The molecule has 2 heterocycles. The van der Waals surface area contributed by atoms with Gasteiger partial charge in [-0.1, -0.05) is 35.9 Å². The van der Waals surface area contributed by atoms with Crippen LogP contribution in [0.2, 0.25) is 0 Å². The van der Waals surface area contributed by atoms with Gasteiger partial charge in [-0.05, 0) is 43.5 Å². The van der Waals surface area contributed by atoms with Crippen molar-refractivity contribution in [3.8, 4) is 0 Å². The summed E-state index contributed by atoms with van der Waals surface area (Å²) in [4.78, 5) is 18.4. The van der Waals surface area contributed by atoms with Gasteiger partial charge in [0.15, 0.2) is 0 Å². The minimum absolute atomic E-state index is 0.285. The maximum Gasteiger partial charge on any atom is 0.223 e. The zero-order valence-corrected chi connectivity index (χ0v) is 14.2. The smallest absolute Gasteiger partial charge is 0.223 e. The number of nitrogens with one attached hydrogen (secondary N) is 1. The number of likely N-dealkylation sites (tertiary alicyclic amines) is 1. The minimum Gasteiger partial charge on any atom is -0.335 e. The van der Waals surface area contributed by atoms with Crippen molar-refractivity contribution in [3.05, 3.63) is 65.5 Å². The Labute approximate surface area is 143 Å². The van der Waals surface area contributed by atoms with Crippen LogP contribution in [0, 0.1) is 6.92 Å². The summed E-state index contributed by atoms with van der Waals surface area (Å²) in [6.07, 6.45) is 6.32. The molecular formula is C20H25N3O. The molecule has 3 rings (SSSR count). The molecule has 0 saturated carbocycles. The third-order valence-electron chi connectivity index (χ3n) is 4.63. The highest BCUT2D eigenvalue weighted by molar-refractivity contribution is 5.78. The standard InChI is InChI=1S/C20H25N3O/c1-16-4-6-17(7-5-16)15-23-19(8-9-20(23)24)10-12-22-14-18-3-2-11-21-13-18/h2-7,11,13,19,22H,8-10,12,14-15H2,1H3. The lowest BCUT2D eigenvalue weighted by Crippen LogP contribution is -2.34. The Balaban J connectivity index is 1.48. The van der Waals surface area contributed by atoms with Crippen molar-refractivity contribution in [2.45, 2.75) is 45.3 Å². The van der Waals surface area contributed by atoms with Crippen LogP contribution in [0.3, 0.4) is 0 Å². The predicted octanol–water partition coefficient (Wildman–Crippen LogP) is 3.06. The Morgan fingerprint density at radius 2 is 2.04 bits per heavy atom. The molecule has 1 aliphatic rings. The van der Waals surface area contributed by atoms with Gasteiger partial charge in [-0.3, -0.25) is 9.78 Å². The summed E-state index contributed by atoms with van der Waals surface area (Å²) in [7, 11) is 0. The van der Waals surface area contributed by atoms with Gasteiger partial charge in [0.05, 0.1) is 0 Å². The van der Waals surface area contributed by atoms with Crippen LogP contribution in [0.5, 0.6) is 0 Å². The summed E-state index contributed by atoms with van der Waals surface area (Å²) in [5.74, 6) is 0.285.